The summed E-state index contributed by atoms with van der Waals surface area (Å²) in [6.45, 7) is 4.37. The lowest BCUT2D eigenvalue weighted by Gasteiger charge is -2.31. The number of carbonyl (C=O) groups is 1. The third-order valence-electron chi connectivity index (χ3n) is 4.86. The number of halogens is 1. The van der Waals surface area contributed by atoms with Crippen LogP contribution in [0.3, 0.4) is 0 Å². The Morgan fingerprint density at radius 2 is 2.19 bits per heavy atom. The van der Waals surface area contributed by atoms with E-state index in [1.807, 2.05) is 36.1 Å². The van der Waals surface area contributed by atoms with Crippen molar-refractivity contribution in [1.29, 1.82) is 0 Å². The molecule has 0 spiro atoms. The summed E-state index contributed by atoms with van der Waals surface area (Å²) in [6, 6.07) is 11.4. The van der Waals surface area contributed by atoms with Crippen molar-refractivity contribution in [2.75, 3.05) is 19.7 Å². The fourth-order valence-corrected chi connectivity index (χ4v) is 3.45. The van der Waals surface area contributed by atoms with Gasteiger partial charge in [-0.25, -0.2) is 0 Å². The lowest BCUT2D eigenvalue weighted by molar-refractivity contribution is -0.136. The minimum Gasteiger partial charge on any atom is -0.484 e. The van der Waals surface area contributed by atoms with Crippen molar-refractivity contribution in [3.8, 4) is 5.75 Å². The summed E-state index contributed by atoms with van der Waals surface area (Å²) in [5.41, 5.74) is 1.83. The second kappa shape index (κ2) is 9.72. The number of nitrogens with one attached hydrogen (secondary N) is 1. The van der Waals surface area contributed by atoms with Crippen LogP contribution < -0.4 is 10.1 Å². The zero-order chi connectivity index (χ0) is 19.1. The van der Waals surface area contributed by atoms with E-state index in [1.165, 1.54) is 0 Å². The fourth-order valence-electron chi connectivity index (χ4n) is 3.33. The van der Waals surface area contributed by atoms with E-state index < -0.39 is 0 Å². The molecule has 1 amide bonds. The predicted molar refractivity (Wildman–Crippen MR) is 107 cm³/mol. The van der Waals surface area contributed by atoms with E-state index in [0.717, 1.165) is 43.6 Å². The van der Waals surface area contributed by atoms with Gasteiger partial charge in [0.2, 0.25) is 0 Å². The topological polar surface area (TPSA) is 54.5 Å². The molecule has 2 aromatic rings. The molecule has 144 valence electrons. The number of hydrogen-bond acceptors (Lipinski definition) is 4. The Labute approximate surface area is 165 Å². The van der Waals surface area contributed by atoms with Crippen molar-refractivity contribution < 1.29 is 9.53 Å². The molecule has 27 heavy (non-hydrogen) atoms. The molecule has 0 saturated carbocycles. The number of aromatic nitrogens is 1. The smallest absolute Gasteiger partial charge is 0.261 e. The largest absolute Gasteiger partial charge is 0.484 e. The highest BCUT2D eigenvalue weighted by Gasteiger charge is 2.25. The van der Waals surface area contributed by atoms with Crippen molar-refractivity contribution in [3.63, 3.8) is 0 Å². The molecule has 1 aliphatic heterocycles. The average Bonchev–Trinajstić information content (AvgIpc) is 2.97. The molecule has 0 bridgehead atoms. The Balaban J connectivity index is 1.69. The van der Waals surface area contributed by atoms with E-state index in [9.17, 15) is 4.79 Å². The molecule has 1 aromatic heterocycles. The Morgan fingerprint density at radius 3 is 2.96 bits per heavy atom. The highest BCUT2D eigenvalue weighted by atomic mass is 35.5. The predicted octanol–water partition coefficient (Wildman–Crippen LogP) is 3.59. The molecule has 1 N–H and O–H groups in total. The number of benzene rings is 1. The molecule has 1 unspecified atom stereocenters. The summed E-state index contributed by atoms with van der Waals surface area (Å²) in [4.78, 5) is 19.3. The number of ether oxygens (including phenoxy) is 1. The van der Waals surface area contributed by atoms with Crippen LogP contribution in [0.25, 0.3) is 0 Å². The molecule has 0 aliphatic carbocycles. The lowest BCUT2D eigenvalue weighted by atomic mass is 10.1. The monoisotopic (exact) mass is 387 g/mol. The highest BCUT2D eigenvalue weighted by Crippen LogP contribution is 2.22. The van der Waals surface area contributed by atoms with Gasteiger partial charge in [0.25, 0.3) is 5.91 Å². The van der Waals surface area contributed by atoms with Gasteiger partial charge in [-0.05, 0) is 75.2 Å². The number of nitrogens with zero attached hydrogens (tertiary/aromatic N) is 2. The van der Waals surface area contributed by atoms with Crippen molar-refractivity contribution in [1.82, 2.24) is 15.2 Å². The van der Waals surface area contributed by atoms with Crippen LogP contribution in [0.4, 0.5) is 0 Å². The molecule has 5 nitrogen and oxygen atoms in total. The molecular weight excluding hydrogens is 362 g/mol. The SMILES string of the molecule is Cc1cc(OCC(=O)N(Cc2ccccn2)C2CCCNCC2)ccc1Cl. The van der Waals surface area contributed by atoms with Gasteiger partial charge in [-0.15, -0.1) is 0 Å². The van der Waals surface area contributed by atoms with Crippen LogP contribution in [0.2, 0.25) is 5.02 Å². The fraction of sp³-hybridized carbons (Fsp3) is 0.429. The second-order valence-electron chi connectivity index (χ2n) is 6.88. The van der Waals surface area contributed by atoms with Crippen molar-refractivity contribution in [3.05, 3.63) is 58.9 Å². The van der Waals surface area contributed by atoms with Gasteiger partial charge in [0.1, 0.15) is 5.75 Å². The van der Waals surface area contributed by atoms with Gasteiger partial charge >= 0.3 is 0 Å². The Kier molecular flexibility index (Phi) is 7.07. The van der Waals surface area contributed by atoms with Gasteiger partial charge < -0.3 is 15.0 Å². The minimum atomic E-state index is -0.0137. The van der Waals surface area contributed by atoms with E-state index in [2.05, 4.69) is 10.3 Å². The van der Waals surface area contributed by atoms with Gasteiger partial charge in [-0.1, -0.05) is 17.7 Å². The van der Waals surface area contributed by atoms with Gasteiger partial charge in [-0.3, -0.25) is 9.78 Å². The normalized spacial score (nSPS) is 17.2. The maximum absolute atomic E-state index is 13.0. The Bertz CT molecular complexity index is 746. The second-order valence-corrected chi connectivity index (χ2v) is 7.28. The third-order valence-corrected chi connectivity index (χ3v) is 5.28. The molecule has 2 heterocycles. The number of carbonyl (C=O) groups excluding carboxylic acids is 1. The first-order valence-corrected chi connectivity index (χ1v) is 9.80. The Hall–Kier alpha value is -2.11. The summed E-state index contributed by atoms with van der Waals surface area (Å²) < 4.78 is 5.76. The Morgan fingerprint density at radius 1 is 1.30 bits per heavy atom. The lowest BCUT2D eigenvalue weighted by Crippen LogP contribution is -2.43. The molecule has 6 heteroatoms. The van der Waals surface area contributed by atoms with Gasteiger partial charge in [0.05, 0.1) is 12.2 Å². The highest BCUT2D eigenvalue weighted by molar-refractivity contribution is 6.31. The van der Waals surface area contributed by atoms with Crippen molar-refractivity contribution in [2.24, 2.45) is 0 Å². The number of aryl methyl sites for hydroxylation is 1. The summed E-state index contributed by atoms with van der Waals surface area (Å²) in [5, 5.41) is 4.10. The van der Waals surface area contributed by atoms with Crippen LogP contribution in [-0.4, -0.2) is 41.5 Å². The van der Waals surface area contributed by atoms with Gasteiger partial charge in [0, 0.05) is 17.3 Å². The van der Waals surface area contributed by atoms with Crippen LogP contribution in [-0.2, 0) is 11.3 Å². The van der Waals surface area contributed by atoms with E-state index >= 15 is 0 Å². The molecule has 1 aromatic carbocycles. The number of pyridine rings is 1. The van der Waals surface area contributed by atoms with E-state index in [0.29, 0.717) is 17.3 Å². The summed E-state index contributed by atoms with van der Waals surface area (Å²) >= 11 is 6.06. The summed E-state index contributed by atoms with van der Waals surface area (Å²) in [6.07, 6.45) is 4.76. The molecule has 3 rings (SSSR count). The zero-order valence-electron chi connectivity index (χ0n) is 15.7. The molecule has 0 radical (unpaired) electrons. The first-order valence-electron chi connectivity index (χ1n) is 9.42. The number of amides is 1. The molecule has 1 fully saturated rings. The molecular formula is C21H26ClN3O2. The quantitative estimate of drug-likeness (QED) is 0.822. The van der Waals surface area contributed by atoms with Crippen molar-refractivity contribution in [2.45, 2.75) is 38.8 Å². The number of hydrogen-bond donors (Lipinski definition) is 1. The van der Waals surface area contributed by atoms with E-state index in [4.69, 9.17) is 16.3 Å². The standard InChI is InChI=1S/C21H26ClN3O2/c1-16-13-19(7-8-20(16)22)27-15-21(26)25(14-17-5-2-3-11-24-17)18-6-4-10-23-12-9-18/h2-3,5,7-8,11,13,18,23H,4,6,9-10,12,14-15H2,1H3. The van der Waals surface area contributed by atoms with Crippen LogP contribution in [0, 0.1) is 6.92 Å². The first-order chi connectivity index (χ1) is 13.1. The van der Waals surface area contributed by atoms with Crippen LogP contribution in [0.15, 0.2) is 42.6 Å². The maximum atomic E-state index is 13.0. The van der Waals surface area contributed by atoms with E-state index in [-0.39, 0.29) is 18.6 Å². The van der Waals surface area contributed by atoms with Crippen LogP contribution >= 0.6 is 11.6 Å². The summed E-state index contributed by atoms with van der Waals surface area (Å²) in [7, 11) is 0. The van der Waals surface area contributed by atoms with E-state index in [1.54, 1.807) is 18.3 Å². The molecule has 1 aliphatic rings. The van der Waals surface area contributed by atoms with Crippen LogP contribution in [0.5, 0.6) is 5.75 Å². The number of rotatable bonds is 6. The third kappa shape index (κ3) is 5.68. The molecule has 1 saturated heterocycles. The zero-order valence-corrected chi connectivity index (χ0v) is 16.4. The van der Waals surface area contributed by atoms with Gasteiger partial charge in [0.15, 0.2) is 6.61 Å². The first kappa shape index (κ1) is 19.6. The molecule has 1 atom stereocenters. The summed E-state index contributed by atoms with van der Waals surface area (Å²) in [5.74, 6) is 0.644. The maximum Gasteiger partial charge on any atom is 0.261 e. The van der Waals surface area contributed by atoms with Gasteiger partial charge in [-0.2, -0.15) is 0 Å². The minimum absolute atomic E-state index is 0.0117. The van der Waals surface area contributed by atoms with Crippen molar-refractivity contribution >= 4 is 17.5 Å². The average molecular weight is 388 g/mol. The van der Waals surface area contributed by atoms with Crippen LogP contribution in [0.1, 0.15) is 30.5 Å².